The monoisotopic (exact) mass is 259 g/mol. The Balaban J connectivity index is 2.44. The normalized spacial score (nSPS) is 20.2. The van der Waals surface area contributed by atoms with Gasteiger partial charge in [0.15, 0.2) is 0 Å². The highest BCUT2D eigenvalue weighted by molar-refractivity contribution is 5.86. The lowest BCUT2D eigenvalue weighted by molar-refractivity contribution is -0.145. The van der Waals surface area contributed by atoms with Crippen LogP contribution in [0.15, 0.2) is 0 Å². The van der Waals surface area contributed by atoms with Gasteiger partial charge in [-0.3, -0.25) is 9.59 Å². The number of carbonyl (C=O) groups is 3. The van der Waals surface area contributed by atoms with Gasteiger partial charge in [-0.2, -0.15) is 0 Å². The summed E-state index contributed by atoms with van der Waals surface area (Å²) in [6, 6.07) is -1.10. The molecule has 102 valence electrons. The van der Waals surface area contributed by atoms with E-state index in [0.717, 1.165) is 6.42 Å². The van der Waals surface area contributed by atoms with Crippen molar-refractivity contribution < 1.29 is 29.0 Å². The van der Waals surface area contributed by atoms with Crippen LogP contribution in [-0.2, 0) is 23.9 Å². The molecule has 7 nitrogen and oxygen atoms in total. The summed E-state index contributed by atoms with van der Waals surface area (Å²) in [5.41, 5.74) is 0. The van der Waals surface area contributed by atoms with Gasteiger partial charge in [-0.15, -0.1) is 0 Å². The zero-order valence-corrected chi connectivity index (χ0v) is 10.2. The van der Waals surface area contributed by atoms with Gasteiger partial charge >= 0.3 is 11.9 Å². The number of ether oxygens (including phenoxy) is 2. The lowest BCUT2D eigenvalue weighted by atomic mass is 10.1. The van der Waals surface area contributed by atoms with Gasteiger partial charge in [0.1, 0.15) is 12.1 Å². The van der Waals surface area contributed by atoms with Gasteiger partial charge in [-0.25, -0.2) is 4.79 Å². The van der Waals surface area contributed by atoms with Gasteiger partial charge in [-0.05, 0) is 19.3 Å². The van der Waals surface area contributed by atoms with Crippen LogP contribution in [0, 0.1) is 0 Å². The molecular formula is C11H17NO6. The van der Waals surface area contributed by atoms with Crippen LogP contribution >= 0.6 is 0 Å². The largest absolute Gasteiger partial charge is 0.480 e. The van der Waals surface area contributed by atoms with Gasteiger partial charge < -0.3 is 19.9 Å². The zero-order valence-electron chi connectivity index (χ0n) is 10.2. The summed E-state index contributed by atoms with van der Waals surface area (Å²) in [7, 11) is 1.23. The van der Waals surface area contributed by atoms with E-state index in [4.69, 9.17) is 9.84 Å². The zero-order chi connectivity index (χ0) is 13.5. The molecule has 0 aliphatic carbocycles. The highest BCUT2D eigenvalue weighted by Gasteiger charge is 2.28. The highest BCUT2D eigenvalue weighted by atomic mass is 16.5. The minimum Gasteiger partial charge on any atom is -0.480 e. The minimum atomic E-state index is -1.18. The topological polar surface area (TPSA) is 102 Å². The number of esters is 1. The van der Waals surface area contributed by atoms with Crippen LogP contribution in [0.25, 0.3) is 0 Å². The summed E-state index contributed by atoms with van der Waals surface area (Å²) >= 11 is 0. The third-order valence-corrected chi connectivity index (χ3v) is 2.70. The molecule has 1 rings (SSSR count). The smallest absolute Gasteiger partial charge is 0.326 e. The van der Waals surface area contributed by atoms with Crippen LogP contribution < -0.4 is 5.32 Å². The van der Waals surface area contributed by atoms with Crippen LogP contribution in [0.2, 0.25) is 0 Å². The third kappa shape index (κ3) is 4.33. The Kier molecular flexibility index (Phi) is 5.57. The van der Waals surface area contributed by atoms with Crippen molar-refractivity contribution in [2.24, 2.45) is 0 Å². The molecule has 18 heavy (non-hydrogen) atoms. The molecule has 1 aliphatic rings. The predicted molar refractivity (Wildman–Crippen MR) is 59.8 cm³/mol. The summed E-state index contributed by atoms with van der Waals surface area (Å²) in [4.78, 5) is 33.5. The lowest BCUT2D eigenvalue weighted by Crippen LogP contribution is -2.45. The van der Waals surface area contributed by atoms with Crippen molar-refractivity contribution in [1.82, 2.24) is 5.32 Å². The molecule has 1 unspecified atom stereocenters. The maximum atomic E-state index is 11.7. The Morgan fingerprint density at radius 2 is 2.22 bits per heavy atom. The van der Waals surface area contributed by atoms with E-state index in [1.807, 2.05) is 0 Å². The lowest BCUT2D eigenvalue weighted by Gasteiger charge is -2.16. The van der Waals surface area contributed by atoms with Crippen molar-refractivity contribution in [3.8, 4) is 0 Å². The first-order valence-corrected chi connectivity index (χ1v) is 5.76. The number of carbonyl (C=O) groups excluding carboxylic acids is 2. The number of rotatable bonds is 6. The van der Waals surface area contributed by atoms with Crippen LogP contribution in [-0.4, -0.2) is 48.8 Å². The van der Waals surface area contributed by atoms with Gasteiger partial charge in [0.25, 0.3) is 0 Å². The molecule has 0 aromatic carbocycles. The maximum absolute atomic E-state index is 11.7. The van der Waals surface area contributed by atoms with Crippen LogP contribution in [0.3, 0.4) is 0 Å². The van der Waals surface area contributed by atoms with Gasteiger partial charge in [0.2, 0.25) is 5.91 Å². The predicted octanol–water partition coefficient (Wildman–Crippen LogP) is -0.312. The van der Waals surface area contributed by atoms with Gasteiger partial charge in [0.05, 0.1) is 7.11 Å². The van der Waals surface area contributed by atoms with Crippen LogP contribution in [0.1, 0.15) is 25.7 Å². The van der Waals surface area contributed by atoms with Crippen molar-refractivity contribution in [1.29, 1.82) is 0 Å². The standard InChI is InChI=1S/C11H17NO6/c1-17-9(13)5-4-7(11(15)16)12-10(14)8-3-2-6-18-8/h7-8H,2-6H2,1H3,(H,12,14)(H,15,16)/t7-,8?/m1/s1. The molecule has 7 heteroatoms. The Bertz CT molecular complexity index is 323. The summed E-state index contributed by atoms with van der Waals surface area (Å²) in [5.74, 6) is -2.12. The minimum absolute atomic E-state index is 0.000463. The van der Waals surface area contributed by atoms with E-state index >= 15 is 0 Å². The number of nitrogens with one attached hydrogen (secondary N) is 1. The Morgan fingerprint density at radius 1 is 1.50 bits per heavy atom. The third-order valence-electron chi connectivity index (χ3n) is 2.70. The van der Waals surface area contributed by atoms with E-state index in [1.54, 1.807) is 0 Å². The van der Waals surface area contributed by atoms with E-state index < -0.39 is 30.0 Å². The molecule has 0 radical (unpaired) electrons. The van der Waals surface area contributed by atoms with E-state index in [-0.39, 0.29) is 12.8 Å². The molecule has 0 aromatic rings. The van der Waals surface area contributed by atoms with Gasteiger partial charge in [-0.1, -0.05) is 0 Å². The molecule has 2 atom stereocenters. The molecule has 0 bridgehead atoms. The van der Waals surface area contributed by atoms with E-state index in [9.17, 15) is 14.4 Å². The fourth-order valence-electron chi connectivity index (χ4n) is 1.67. The van der Waals surface area contributed by atoms with Crippen LogP contribution in [0.4, 0.5) is 0 Å². The maximum Gasteiger partial charge on any atom is 0.326 e. The van der Waals surface area contributed by atoms with Crippen molar-refractivity contribution in [2.75, 3.05) is 13.7 Å². The molecule has 0 saturated carbocycles. The molecule has 2 N–H and O–H groups in total. The van der Waals surface area contributed by atoms with E-state index in [2.05, 4.69) is 10.1 Å². The molecule has 1 fully saturated rings. The number of aliphatic carboxylic acids is 1. The summed E-state index contributed by atoms with van der Waals surface area (Å²) in [5, 5.41) is 11.3. The molecular weight excluding hydrogens is 242 g/mol. The average Bonchev–Trinajstić information content (AvgIpc) is 2.87. The first kappa shape index (κ1) is 14.4. The summed E-state index contributed by atoms with van der Waals surface area (Å²) in [6.07, 6.45) is 0.748. The second kappa shape index (κ2) is 6.95. The number of hydrogen-bond acceptors (Lipinski definition) is 5. The SMILES string of the molecule is COC(=O)CC[C@@H](NC(=O)C1CCCO1)C(=O)O. The molecule has 0 spiro atoms. The number of carboxylic acid groups (broad SMARTS) is 1. The first-order valence-electron chi connectivity index (χ1n) is 5.76. The molecule has 0 aromatic heterocycles. The second-order valence-electron chi connectivity index (χ2n) is 4.02. The Labute approximate surface area is 104 Å². The number of methoxy groups -OCH3 is 1. The number of carboxylic acids is 1. The highest BCUT2D eigenvalue weighted by Crippen LogP contribution is 2.12. The average molecular weight is 259 g/mol. The van der Waals surface area contributed by atoms with Crippen molar-refractivity contribution in [2.45, 2.75) is 37.8 Å². The van der Waals surface area contributed by atoms with Crippen molar-refractivity contribution in [3.63, 3.8) is 0 Å². The summed E-state index contributed by atoms with van der Waals surface area (Å²) in [6.45, 7) is 0.512. The molecule has 1 amide bonds. The number of hydrogen-bond donors (Lipinski definition) is 2. The first-order chi connectivity index (χ1) is 8.54. The quantitative estimate of drug-likeness (QED) is 0.634. The fraction of sp³-hybridized carbons (Fsp3) is 0.727. The van der Waals surface area contributed by atoms with E-state index in [0.29, 0.717) is 13.0 Å². The molecule has 1 aliphatic heterocycles. The fourth-order valence-corrected chi connectivity index (χ4v) is 1.67. The van der Waals surface area contributed by atoms with Crippen molar-refractivity contribution >= 4 is 17.8 Å². The number of amides is 1. The Hall–Kier alpha value is -1.63. The second-order valence-corrected chi connectivity index (χ2v) is 4.02. The summed E-state index contributed by atoms with van der Waals surface area (Å²) < 4.78 is 9.56. The van der Waals surface area contributed by atoms with Crippen LogP contribution in [0.5, 0.6) is 0 Å². The van der Waals surface area contributed by atoms with Gasteiger partial charge in [0, 0.05) is 13.0 Å². The van der Waals surface area contributed by atoms with Crippen molar-refractivity contribution in [3.05, 3.63) is 0 Å². The van der Waals surface area contributed by atoms with E-state index in [1.165, 1.54) is 7.11 Å². The molecule has 1 heterocycles. The Morgan fingerprint density at radius 3 is 2.72 bits per heavy atom. The molecule has 1 saturated heterocycles.